The average molecular weight is 354 g/mol. The van der Waals surface area contributed by atoms with Crippen molar-refractivity contribution in [3.63, 3.8) is 0 Å². The largest absolute Gasteiger partial charge is 0.383 e. The van der Waals surface area contributed by atoms with Crippen molar-refractivity contribution in [2.24, 2.45) is 5.41 Å². The fourth-order valence-corrected chi connectivity index (χ4v) is 4.74. The van der Waals surface area contributed by atoms with Crippen molar-refractivity contribution in [3.05, 3.63) is 48.5 Å². The van der Waals surface area contributed by atoms with Gasteiger partial charge in [-0.25, -0.2) is 0 Å². The van der Waals surface area contributed by atoms with Gasteiger partial charge < -0.3 is 14.2 Å². The monoisotopic (exact) mass is 354 g/mol. The van der Waals surface area contributed by atoms with Gasteiger partial charge in [-0.1, -0.05) is 0 Å². The number of hydrogen-bond donors (Lipinski definition) is 0. The first kappa shape index (κ1) is 17.7. The van der Waals surface area contributed by atoms with Crippen LogP contribution in [0, 0.1) is 5.41 Å². The van der Waals surface area contributed by atoms with Gasteiger partial charge in [0, 0.05) is 51.4 Å². The summed E-state index contributed by atoms with van der Waals surface area (Å²) in [5.74, 6) is 0. The summed E-state index contributed by atoms with van der Waals surface area (Å²) in [7, 11) is 1.80. The number of methoxy groups -OCH3 is 1. The molecule has 2 aliphatic heterocycles. The van der Waals surface area contributed by atoms with Crippen LogP contribution >= 0.6 is 0 Å². The summed E-state index contributed by atoms with van der Waals surface area (Å²) < 4.78 is 7.55. The first-order chi connectivity index (χ1) is 12.8. The van der Waals surface area contributed by atoms with Gasteiger partial charge in [-0.2, -0.15) is 0 Å². The maximum Gasteiger partial charge on any atom is 0.0636 e. The lowest BCUT2D eigenvalue weighted by Gasteiger charge is -2.40. The van der Waals surface area contributed by atoms with E-state index in [2.05, 4.69) is 43.7 Å². The molecule has 2 fully saturated rings. The zero-order valence-corrected chi connectivity index (χ0v) is 15.8. The number of piperidine rings is 1. The Hall–Kier alpha value is -1.69. The van der Waals surface area contributed by atoms with Crippen LogP contribution in [0.5, 0.6) is 0 Å². The van der Waals surface area contributed by atoms with Crippen LogP contribution in [0.15, 0.2) is 42.9 Å². The van der Waals surface area contributed by atoms with Crippen molar-refractivity contribution in [3.8, 4) is 5.69 Å². The van der Waals surface area contributed by atoms with Crippen molar-refractivity contribution in [2.45, 2.75) is 25.8 Å². The number of ether oxygens (including phenoxy) is 1. The summed E-state index contributed by atoms with van der Waals surface area (Å²) in [5.41, 5.74) is 2.98. The summed E-state index contributed by atoms with van der Waals surface area (Å²) >= 11 is 0. The lowest BCUT2D eigenvalue weighted by molar-refractivity contribution is 0.0672. The molecule has 0 aliphatic carbocycles. The maximum absolute atomic E-state index is 5.28. The van der Waals surface area contributed by atoms with E-state index < -0.39 is 0 Å². The Labute approximate surface area is 156 Å². The molecule has 1 atom stereocenters. The van der Waals surface area contributed by atoms with Gasteiger partial charge in [-0.15, -0.1) is 0 Å². The van der Waals surface area contributed by atoms with Gasteiger partial charge in [0.1, 0.15) is 0 Å². The van der Waals surface area contributed by atoms with E-state index in [1.165, 1.54) is 51.1 Å². The SMILES string of the molecule is COCCN1CCCC2(CCN(Cc3cccn3-c3cccnc3)C2)C1. The predicted molar refractivity (Wildman–Crippen MR) is 103 cm³/mol. The van der Waals surface area contributed by atoms with Gasteiger partial charge in [0.05, 0.1) is 18.5 Å². The molecule has 140 valence electrons. The Morgan fingerprint density at radius 3 is 2.88 bits per heavy atom. The number of likely N-dealkylation sites (tertiary alicyclic amines) is 2. The standard InChI is InChI=1S/C21H30N4O/c1-26-14-13-23-10-4-7-21(17-23)8-12-24(18-21)16-20-6-3-11-25(20)19-5-2-9-22-15-19/h2-3,5-6,9,11,15H,4,7-8,10,12-14,16-18H2,1H3. The van der Waals surface area contributed by atoms with Crippen molar-refractivity contribution >= 4 is 0 Å². The summed E-state index contributed by atoms with van der Waals surface area (Å²) in [5, 5.41) is 0. The predicted octanol–water partition coefficient (Wildman–Crippen LogP) is 2.81. The lowest BCUT2D eigenvalue weighted by atomic mass is 9.79. The molecule has 5 heteroatoms. The average Bonchev–Trinajstić information content (AvgIpc) is 3.28. The molecule has 0 radical (unpaired) electrons. The Balaban J connectivity index is 1.40. The molecule has 0 amide bonds. The highest BCUT2D eigenvalue weighted by molar-refractivity contribution is 5.32. The third kappa shape index (κ3) is 3.85. The molecule has 26 heavy (non-hydrogen) atoms. The number of pyridine rings is 1. The first-order valence-electron chi connectivity index (χ1n) is 9.78. The second kappa shape index (κ2) is 7.91. The Kier molecular flexibility index (Phi) is 5.38. The molecule has 0 aromatic carbocycles. The Morgan fingerprint density at radius 2 is 2.04 bits per heavy atom. The van der Waals surface area contributed by atoms with Crippen molar-refractivity contribution in [1.29, 1.82) is 0 Å². The third-order valence-electron chi connectivity index (χ3n) is 6.01. The minimum absolute atomic E-state index is 0.484. The molecule has 0 saturated carbocycles. The van der Waals surface area contributed by atoms with Crippen LogP contribution in [0.3, 0.4) is 0 Å². The molecule has 4 rings (SSSR count). The summed E-state index contributed by atoms with van der Waals surface area (Å²) in [6.07, 6.45) is 9.93. The second-order valence-corrected chi connectivity index (χ2v) is 7.91. The molecule has 1 unspecified atom stereocenters. The van der Waals surface area contributed by atoms with Crippen molar-refractivity contribution in [1.82, 2.24) is 19.4 Å². The number of hydrogen-bond acceptors (Lipinski definition) is 4. The summed E-state index contributed by atoms with van der Waals surface area (Å²) in [6, 6.07) is 8.50. The number of aromatic nitrogens is 2. The van der Waals surface area contributed by atoms with Crippen molar-refractivity contribution in [2.75, 3.05) is 46.4 Å². The normalized spacial score (nSPS) is 24.5. The van der Waals surface area contributed by atoms with E-state index in [-0.39, 0.29) is 0 Å². The van der Waals surface area contributed by atoms with E-state index in [0.717, 1.165) is 25.4 Å². The Morgan fingerprint density at radius 1 is 1.12 bits per heavy atom. The van der Waals surface area contributed by atoms with Crippen molar-refractivity contribution < 1.29 is 4.74 Å². The van der Waals surface area contributed by atoms with E-state index in [1.54, 1.807) is 7.11 Å². The molecule has 1 spiro atoms. The smallest absolute Gasteiger partial charge is 0.0636 e. The molecule has 0 bridgehead atoms. The van der Waals surface area contributed by atoms with E-state index in [0.29, 0.717) is 5.41 Å². The van der Waals surface area contributed by atoms with Gasteiger partial charge in [0.25, 0.3) is 0 Å². The van der Waals surface area contributed by atoms with Crippen LogP contribution < -0.4 is 0 Å². The molecule has 0 N–H and O–H groups in total. The topological polar surface area (TPSA) is 33.5 Å². The maximum atomic E-state index is 5.28. The molecule has 2 aliphatic rings. The van der Waals surface area contributed by atoms with Crippen LogP contribution in [0.4, 0.5) is 0 Å². The van der Waals surface area contributed by atoms with Crippen LogP contribution in [0.25, 0.3) is 5.69 Å². The van der Waals surface area contributed by atoms with Gasteiger partial charge >= 0.3 is 0 Å². The van der Waals surface area contributed by atoms with Crippen LogP contribution in [-0.4, -0.2) is 65.8 Å². The first-order valence-corrected chi connectivity index (χ1v) is 9.78. The lowest BCUT2D eigenvalue weighted by Crippen LogP contribution is -2.45. The van der Waals surface area contributed by atoms with E-state index >= 15 is 0 Å². The third-order valence-corrected chi connectivity index (χ3v) is 6.01. The van der Waals surface area contributed by atoms with E-state index in [9.17, 15) is 0 Å². The van der Waals surface area contributed by atoms with Crippen LogP contribution in [0.1, 0.15) is 25.0 Å². The highest BCUT2D eigenvalue weighted by Crippen LogP contribution is 2.39. The van der Waals surface area contributed by atoms with Crippen LogP contribution in [-0.2, 0) is 11.3 Å². The van der Waals surface area contributed by atoms with E-state index in [1.807, 2.05) is 18.5 Å². The molecule has 2 saturated heterocycles. The minimum Gasteiger partial charge on any atom is -0.383 e. The van der Waals surface area contributed by atoms with Gasteiger partial charge in [-0.05, 0) is 62.0 Å². The molecular weight excluding hydrogens is 324 g/mol. The fourth-order valence-electron chi connectivity index (χ4n) is 4.74. The molecular formula is C21H30N4O. The second-order valence-electron chi connectivity index (χ2n) is 7.91. The van der Waals surface area contributed by atoms with Gasteiger partial charge in [0.15, 0.2) is 0 Å². The summed E-state index contributed by atoms with van der Waals surface area (Å²) in [6.45, 7) is 7.82. The van der Waals surface area contributed by atoms with Gasteiger partial charge in [-0.3, -0.25) is 9.88 Å². The summed E-state index contributed by atoms with van der Waals surface area (Å²) in [4.78, 5) is 9.51. The van der Waals surface area contributed by atoms with Crippen LogP contribution in [0.2, 0.25) is 0 Å². The highest BCUT2D eigenvalue weighted by Gasteiger charge is 2.41. The molecule has 4 heterocycles. The fraction of sp³-hybridized carbons (Fsp3) is 0.571. The highest BCUT2D eigenvalue weighted by atomic mass is 16.5. The number of rotatable bonds is 6. The Bertz CT molecular complexity index is 701. The molecule has 2 aromatic rings. The minimum atomic E-state index is 0.484. The zero-order valence-electron chi connectivity index (χ0n) is 15.8. The zero-order chi connectivity index (χ0) is 17.8. The van der Waals surface area contributed by atoms with Gasteiger partial charge in [0.2, 0.25) is 0 Å². The molecule has 5 nitrogen and oxygen atoms in total. The van der Waals surface area contributed by atoms with E-state index in [4.69, 9.17) is 4.74 Å². The quantitative estimate of drug-likeness (QED) is 0.799. The number of nitrogens with zero attached hydrogens (tertiary/aromatic N) is 4. The molecule has 2 aromatic heterocycles.